The average Bonchev–Trinajstić information content (AvgIpc) is 3.63. The van der Waals surface area contributed by atoms with Crippen molar-refractivity contribution in [1.29, 1.82) is 0 Å². The molecule has 3 aromatic rings. The molecule has 4 aliphatic rings. The van der Waals surface area contributed by atoms with Crippen LogP contribution in [-0.2, 0) is 4.74 Å². The van der Waals surface area contributed by atoms with Gasteiger partial charge in [0.05, 0.1) is 24.2 Å². The zero-order chi connectivity index (χ0) is 37.5. The van der Waals surface area contributed by atoms with Gasteiger partial charge in [-0.25, -0.2) is 9.78 Å². The van der Waals surface area contributed by atoms with Crippen LogP contribution in [0.1, 0.15) is 120 Å². The molecule has 7 atom stereocenters. The number of amides is 1. The molecule has 2 aromatic carbocycles. The van der Waals surface area contributed by atoms with Crippen LogP contribution in [0.4, 0.5) is 10.7 Å². The van der Waals surface area contributed by atoms with Crippen molar-refractivity contribution in [2.45, 2.75) is 135 Å². The van der Waals surface area contributed by atoms with E-state index >= 15 is 0 Å². The first-order valence-corrected chi connectivity index (χ1v) is 20.6. The quantitative estimate of drug-likeness (QED) is 0.211. The molecule has 0 bridgehead atoms. The number of allylic oxidation sites excluding steroid dienone is 4. The predicted molar refractivity (Wildman–Crippen MR) is 216 cm³/mol. The van der Waals surface area contributed by atoms with Crippen LogP contribution in [0.2, 0.25) is 0 Å². The highest BCUT2D eigenvalue weighted by molar-refractivity contribution is 7.99. The van der Waals surface area contributed by atoms with Crippen molar-refractivity contribution in [3.05, 3.63) is 71.3 Å². The highest BCUT2D eigenvalue weighted by Crippen LogP contribution is 2.72. The van der Waals surface area contributed by atoms with E-state index < -0.39 is 6.09 Å². The summed E-state index contributed by atoms with van der Waals surface area (Å²) < 4.78 is 4.54. The van der Waals surface area contributed by atoms with Crippen molar-refractivity contribution < 1.29 is 14.6 Å². The van der Waals surface area contributed by atoms with Gasteiger partial charge in [-0.1, -0.05) is 94.3 Å². The van der Waals surface area contributed by atoms with E-state index in [9.17, 15) is 9.90 Å². The maximum Gasteiger partial charge on any atom is 0.413 e. The molecule has 0 aliphatic heterocycles. The lowest BCUT2D eigenvalue weighted by Crippen LogP contribution is -2.55. The Morgan fingerprint density at radius 1 is 1.00 bits per heavy atom. The van der Waals surface area contributed by atoms with Gasteiger partial charge in [0.15, 0.2) is 0 Å². The number of imidazole rings is 1. The second-order valence-corrected chi connectivity index (χ2v) is 19.0. The van der Waals surface area contributed by atoms with E-state index in [0.29, 0.717) is 28.1 Å². The monoisotopic (exact) mass is 725 g/mol. The molecule has 1 aromatic heterocycles. The van der Waals surface area contributed by atoms with Crippen LogP contribution in [0, 0.1) is 39.4 Å². The highest BCUT2D eigenvalue weighted by Gasteiger charge is 2.63. The van der Waals surface area contributed by atoms with Crippen LogP contribution >= 0.6 is 11.8 Å². The number of aromatic nitrogens is 2. The summed E-state index contributed by atoms with van der Waals surface area (Å²) in [5.41, 5.74) is 8.06. The lowest BCUT2D eigenvalue weighted by molar-refractivity contribution is -0.0962. The Labute approximate surface area is 317 Å². The van der Waals surface area contributed by atoms with Gasteiger partial charge < -0.3 is 14.8 Å². The van der Waals surface area contributed by atoms with Crippen LogP contribution < -0.4 is 5.32 Å². The number of hydrogen-bond donors (Lipinski definition) is 3. The molecule has 0 spiro atoms. The largest absolute Gasteiger partial charge is 0.453 e. The zero-order valence-corrected chi connectivity index (χ0v) is 34.0. The van der Waals surface area contributed by atoms with E-state index in [1.807, 2.05) is 47.5 Å². The summed E-state index contributed by atoms with van der Waals surface area (Å²) in [4.78, 5) is 20.8. The summed E-state index contributed by atoms with van der Waals surface area (Å²) in [6.07, 6.45) is 14.6. The number of anilines is 1. The number of nitrogens with one attached hydrogen (secondary N) is 2. The molecule has 7 rings (SSSR count). The third-order valence-electron chi connectivity index (χ3n) is 14.5. The summed E-state index contributed by atoms with van der Waals surface area (Å²) in [6, 6.07) is 16.1. The smallest absolute Gasteiger partial charge is 0.413 e. The van der Waals surface area contributed by atoms with E-state index in [2.05, 4.69) is 93.6 Å². The van der Waals surface area contributed by atoms with E-state index in [1.165, 1.54) is 75.4 Å². The van der Waals surface area contributed by atoms with Gasteiger partial charge in [-0.15, -0.1) is 0 Å². The fraction of sp³-hybridized carbons (Fsp3) is 0.600. The first kappa shape index (κ1) is 38.7. The van der Waals surface area contributed by atoms with Crippen molar-refractivity contribution in [2.75, 3.05) is 12.4 Å². The summed E-state index contributed by atoms with van der Waals surface area (Å²) in [5.74, 6) is 2.70. The van der Waals surface area contributed by atoms with Gasteiger partial charge in [-0.05, 0) is 148 Å². The minimum atomic E-state index is -0.548. The highest BCUT2D eigenvalue weighted by atomic mass is 32.2. The van der Waals surface area contributed by atoms with Crippen LogP contribution in [0.3, 0.4) is 0 Å². The van der Waals surface area contributed by atoms with Crippen LogP contribution in [0.25, 0.3) is 11.0 Å². The number of ether oxygens (including phenoxy) is 1. The van der Waals surface area contributed by atoms with E-state index in [0.717, 1.165) is 34.2 Å². The zero-order valence-electron chi connectivity index (χ0n) is 33.2. The molecule has 1 heterocycles. The number of hydrogen-bond acceptors (Lipinski definition) is 5. The Hall–Kier alpha value is -3.03. The van der Waals surface area contributed by atoms with Crippen LogP contribution in [-0.4, -0.2) is 34.4 Å². The van der Waals surface area contributed by atoms with Gasteiger partial charge in [0, 0.05) is 9.79 Å². The first-order valence-electron chi connectivity index (χ1n) is 19.7. The lowest BCUT2D eigenvalue weighted by atomic mass is 9.43. The fourth-order valence-electron chi connectivity index (χ4n) is 11.3. The molecule has 1 amide bonds. The van der Waals surface area contributed by atoms with Gasteiger partial charge in [0.2, 0.25) is 5.95 Å². The molecule has 6 nitrogen and oxygen atoms in total. The summed E-state index contributed by atoms with van der Waals surface area (Å²) in [6.45, 7) is 19.6. The molecule has 0 saturated heterocycles. The van der Waals surface area contributed by atoms with Gasteiger partial charge in [0.1, 0.15) is 0 Å². The number of nitrogens with zero attached hydrogens (tertiary/aromatic N) is 1. The second kappa shape index (κ2) is 15.0. The maximum atomic E-state index is 11.2. The number of aliphatic hydroxyl groups excluding tert-OH is 1. The minimum absolute atomic E-state index is 0.0465. The second-order valence-electron chi connectivity index (χ2n) is 17.9. The van der Waals surface area contributed by atoms with Gasteiger partial charge in [-0.3, -0.25) is 5.32 Å². The molecular formula is C45H63N3O3S. The van der Waals surface area contributed by atoms with Gasteiger partial charge >= 0.3 is 6.09 Å². The number of H-pyrrole nitrogens is 1. The predicted octanol–water partition coefficient (Wildman–Crippen LogP) is 12.4. The van der Waals surface area contributed by atoms with Crippen LogP contribution in [0.5, 0.6) is 0 Å². The fourth-order valence-corrected chi connectivity index (χ4v) is 12.2. The standard InChI is InChI=1S/C30H50O.C15H13N3O2S/c1-20(2)10-9-11-21(3)22-14-18-30(8)24-12-13-25-27(4,5)26(31)16-17-28(25,6)23(24)15-19-29(22,30)7;1-20-15(19)18-14-16-12-8-7-11(9-13(12)17-14)21-10-5-3-2-4-6-10/h10,21-22,25-26,31H,9,11-19H2,1-8H3;2-9H,1H3,(H2,16,17,18,19). The molecule has 52 heavy (non-hydrogen) atoms. The molecule has 0 radical (unpaired) electrons. The maximum absolute atomic E-state index is 11.2. The Morgan fingerprint density at radius 2 is 1.75 bits per heavy atom. The van der Waals surface area contributed by atoms with Crippen molar-refractivity contribution in [2.24, 2.45) is 39.4 Å². The van der Waals surface area contributed by atoms with Crippen molar-refractivity contribution >= 4 is 34.8 Å². The first-order chi connectivity index (χ1) is 24.6. The number of aliphatic hydroxyl groups is 1. The third kappa shape index (κ3) is 7.13. The number of benzene rings is 2. The van der Waals surface area contributed by atoms with Crippen LogP contribution in [0.15, 0.2) is 81.1 Å². The third-order valence-corrected chi connectivity index (χ3v) is 15.5. The summed E-state index contributed by atoms with van der Waals surface area (Å²) in [7, 11) is 1.31. The normalized spacial score (nSPS) is 31.0. The molecular weight excluding hydrogens is 663 g/mol. The number of carbonyl (C=O) groups is 1. The topological polar surface area (TPSA) is 87.2 Å². The van der Waals surface area contributed by atoms with Crippen molar-refractivity contribution in [3.8, 4) is 0 Å². The van der Waals surface area contributed by atoms with Gasteiger partial charge in [0.25, 0.3) is 0 Å². The van der Waals surface area contributed by atoms with Gasteiger partial charge in [-0.2, -0.15) is 0 Å². The van der Waals surface area contributed by atoms with E-state index in [-0.39, 0.29) is 11.5 Å². The molecule has 4 aliphatic carbocycles. The average molecular weight is 726 g/mol. The molecule has 282 valence electrons. The lowest BCUT2D eigenvalue weighted by Gasteiger charge is -2.62. The van der Waals surface area contributed by atoms with E-state index in [4.69, 9.17) is 0 Å². The molecule has 2 fully saturated rings. The van der Waals surface area contributed by atoms with Crippen molar-refractivity contribution in [1.82, 2.24) is 9.97 Å². The minimum Gasteiger partial charge on any atom is -0.453 e. The number of fused-ring (bicyclic) bond motifs is 5. The molecule has 7 unspecified atom stereocenters. The Balaban J connectivity index is 0.000000192. The number of rotatable bonds is 7. The number of methoxy groups -OCH3 is 1. The molecule has 3 N–H and O–H groups in total. The van der Waals surface area contributed by atoms with Crippen molar-refractivity contribution in [3.63, 3.8) is 0 Å². The number of carbonyl (C=O) groups excluding carboxylic acids is 1. The number of aromatic amines is 1. The Bertz CT molecular complexity index is 1810. The molecule has 2 saturated carbocycles. The van der Waals surface area contributed by atoms with E-state index in [1.54, 1.807) is 11.8 Å². The SMILES string of the molecule is CC(C)=CCCC(C)C1CCC2(C)C3=C(CCC12C)C1(C)CCC(O)C(C)(C)C1CC3.COC(=O)Nc1nc2ccc(Sc3ccccc3)cc2[nH]1. The molecule has 7 heteroatoms. The summed E-state index contributed by atoms with van der Waals surface area (Å²) >= 11 is 1.67. The Kier molecular flexibility index (Phi) is 11.2. The summed E-state index contributed by atoms with van der Waals surface area (Å²) in [5, 5.41) is 13.3. The Morgan fingerprint density at radius 3 is 2.46 bits per heavy atom.